The summed E-state index contributed by atoms with van der Waals surface area (Å²) >= 11 is 0. The lowest BCUT2D eigenvalue weighted by molar-refractivity contribution is 0.0522. The fraction of sp³-hybridized carbons (Fsp3) is 0.583. The van der Waals surface area contributed by atoms with Crippen LogP contribution in [0.5, 0.6) is 0 Å². The number of aromatic nitrogens is 2. The van der Waals surface area contributed by atoms with Gasteiger partial charge in [-0.2, -0.15) is 0 Å². The Morgan fingerprint density at radius 1 is 1.65 bits per heavy atom. The van der Waals surface area contributed by atoms with Gasteiger partial charge in [-0.05, 0) is 19.8 Å². The maximum atomic E-state index is 12.1. The van der Waals surface area contributed by atoms with E-state index < -0.39 is 5.97 Å². The number of carbonyl (C=O) groups is 1. The number of hydrogen-bond donors (Lipinski definition) is 0. The predicted octanol–water partition coefficient (Wildman–Crippen LogP) is 1.32. The van der Waals surface area contributed by atoms with E-state index in [4.69, 9.17) is 4.74 Å². The molecule has 2 heterocycles. The number of carbonyl (C=O) groups excluding carboxylic acids is 1. The van der Waals surface area contributed by atoms with Gasteiger partial charge in [0.2, 0.25) is 0 Å². The van der Waals surface area contributed by atoms with Crippen molar-refractivity contribution in [1.82, 2.24) is 9.55 Å². The van der Waals surface area contributed by atoms with E-state index in [2.05, 4.69) is 4.98 Å². The molecule has 5 heteroatoms. The van der Waals surface area contributed by atoms with Gasteiger partial charge in [0.25, 0.3) is 5.56 Å². The molecule has 1 aromatic rings. The van der Waals surface area contributed by atoms with E-state index in [0.717, 1.165) is 18.7 Å². The Bertz CT molecular complexity index is 493. The molecule has 0 bridgehead atoms. The van der Waals surface area contributed by atoms with E-state index in [-0.39, 0.29) is 23.6 Å². The highest BCUT2D eigenvalue weighted by molar-refractivity contribution is 5.88. The Labute approximate surface area is 99.4 Å². The minimum Gasteiger partial charge on any atom is -0.462 e. The first-order valence-corrected chi connectivity index (χ1v) is 5.92. The van der Waals surface area contributed by atoms with Gasteiger partial charge in [-0.1, -0.05) is 6.92 Å². The smallest absolute Gasteiger partial charge is 0.345 e. The van der Waals surface area contributed by atoms with Gasteiger partial charge in [-0.3, -0.25) is 9.36 Å². The molecule has 0 saturated heterocycles. The second kappa shape index (κ2) is 4.69. The lowest BCUT2D eigenvalue weighted by atomic mass is 10.0. The summed E-state index contributed by atoms with van der Waals surface area (Å²) in [6.07, 6.45) is 3.32. The van der Waals surface area contributed by atoms with Crippen LogP contribution in [0.3, 0.4) is 0 Å². The first kappa shape index (κ1) is 11.8. The maximum Gasteiger partial charge on any atom is 0.345 e. The molecule has 2 rings (SSSR count). The molecule has 1 unspecified atom stereocenters. The number of esters is 1. The summed E-state index contributed by atoms with van der Waals surface area (Å²) in [5, 5.41) is 0. The fourth-order valence-electron chi connectivity index (χ4n) is 2.15. The Balaban J connectivity index is 2.46. The average molecular weight is 236 g/mol. The largest absolute Gasteiger partial charge is 0.462 e. The second-order valence-electron chi connectivity index (χ2n) is 4.25. The molecule has 0 aromatic carbocycles. The van der Waals surface area contributed by atoms with Crippen molar-refractivity contribution >= 4 is 5.97 Å². The van der Waals surface area contributed by atoms with Crippen LogP contribution in [0.2, 0.25) is 0 Å². The number of hydrogen-bond acceptors (Lipinski definition) is 4. The number of rotatable bonds is 2. The summed E-state index contributed by atoms with van der Waals surface area (Å²) in [4.78, 5) is 27.9. The molecule has 0 radical (unpaired) electrons. The average Bonchev–Trinajstić information content (AvgIpc) is 2.31. The third kappa shape index (κ3) is 2.09. The van der Waals surface area contributed by atoms with Gasteiger partial charge >= 0.3 is 5.97 Å². The van der Waals surface area contributed by atoms with Crippen LogP contribution in [-0.2, 0) is 11.3 Å². The second-order valence-corrected chi connectivity index (χ2v) is 4.25. The Kier molecular flexibility index (Phi) is 3.26. The molecule has 1 aliphatic heterocycles. The molecule has 5 nitrogen and oxygen atoms in total. The highest BCUT2D eigenvalue weighted by Gasteiger charge is 2.22. The summed E-state index contributed by atoms with van der Waals surface area (Å²) in [6, 6.07) is 0. The van der Waals surface area contributed by atoms with Gasteiger partial charge in [0.1, 0.15) is 11.4 Å². The first-order valence-electron chi connectivity index (χ1n) is 5.92. The summed E-state index contributed by atoms with van der Waals surface area (Å²) < 4.78 is 6.43. The van der Waals surface area contributed by atoms with Gasteiger partial charge in [-0.15, -0.1) is 0 Å². The van der Waals surface area contributed by atoms with Gasteiger partial charge in [0, 0.05) is 18.7 Å². The standard InChI is InChI=1S/C12H16N2O3/c1-3-17-12(16)9-7-13-10-8(2)5-4-6-14(10)11(9)15/h7-8H,3-6H2,1-2H3. The van der Waals surface area contributed by atoms with Gasteiger partial charge in [0.05, 0.1) is 6.61 Å². The van der Waals surface area contributed by atoms with Crippen LogP contribution in [0.25, 0.3) is 0 Å². The minimum atomic E-state index is -0.585. The Morgan fingerprint density at radius 2 is 2.41 bits per heavy atom. The first-order chi connectivity index (χ1) is 8.15. The highest BCUT2D eigenvalue weighted by Crippen LogP contribution is 2.22. The summed E-state index contributed by atoms with van der Waals surface area (Å²) in [5.41, 5.74) is -0.246. The van der Waals surface area contributed by atoms with E-state index in [1.807, 2.05) is 6.92 Å². The molecular weight excluding hydrogens is 220 g/mol. The summed E-state index contributed by atoms with van der Waals surface area (Å²) in [7, 11) is 0. The molecule has 1 aliphatic rings. The van der Waals surface area contributed by atoms with Crippen molar-refractivity contribution in [2.75, 3.05) is 6.61 Å². The predicted molar refractivity (Wildman–Crippen MR) is 62.1 cm³/mol. The molecule has 0 amide bonds. The van der Waals surface area contributed by atoms with Crippen LogP contribution in [0.1, 0.15) is 48.8 Å². The summed E-state index contributed by atoms with van der Waals surface area (Å²) in [5.74, 6) is 0.459. The topological polar surface area (TPSA) is 61.2 Å². The van der Waals surface area contributed by atoms with Gasteiger partial charge in [-0.25, -0.2) is 9.78 Å². The third-order valence-electron chi connectivity index (χ3n) is 3.03. The van der Waals surface area contributed by atoms with Crippen molar-refractivity contribution in [2.45, 2.75) is 39.2 Å². The van der Waals surface area contributed by atoms with E-state index in [1.54, 1.807) is 11.5 Å². The van der Waals surface area contributed by atoms with E-state index in [1.165, 1.54) is 6.20 Å². The zero-order chi connectivity index (χ0) is 12.4. The maximum absolute atomic E-state index is 12.1. The van der Waals surface area contributed by atoms with Crippen molar-refractivity contribution in [3.8, 4) is 0 Å². The molecule has 0 saturated carbocycles. The van der Waals surface area contributed by atoms with Crippen LogP contribution >= 0.6 is 0 Å². The van der Waals surface area contributed by atoms with Crippen molar-refractivity contribution < 1.29 is 9.53 Å². The zero-order valence-corrected chi connectivity index (χ0v) is 10.1. The Hall–Kier alpha value is -1.65. The van der Waals surface area contributed by atoms with Crippen LogP contribution in [0.15, 0.2) is 11.0 Å². The molecular formula is C12H16N2O3. The van der Waals surface area contributed by atoms with Crippen molar-refractivity contribution in [1.29, 1.82) is 0 Å². The van der Waals surface area contributed by atoms with Gasteiger partial charge in [0.15, 0.2) is 0 Å². The van der Waals surface area contributed by atoms with Crippen molar-refractivity contribution in [2.24, 2.45) is 0 Å². The van der Waals surface area contributed by atoms with Crippen molar-refractivity contribution in [3.05, 3.63) is 27.9 Å². The molecule has 0 fully saturated rings. The van der Waals surface area contributed by atoms with Crippen molar-refractivity contribution in [3.63, 3.8) is 0 Å². The number of nitrogens with zero attached hydrogens (tertiary/aromatic N) is 2. The molecule has 0 aliphatic carbocycles. The molecule has 0 N–H and O–H groups in total. The number of ether oxygens (including phenoxy) is 1. The molecule has 1 aromatic heterocycles. The SMILES string of the molecule is CCOC(=O)c1cnc2n(c1=O)CCCC2C. The Morgan fingerprint density at radius 3 is 3.12 bits per heavy atom. The molecule has 92 valence electrons. The fourth-order valence-corrected chi connectivity index (χ4v) is 2.15. The van der Waals surface area contributed by atoms with Crippen LogP contribution in [0, 0.1) is 0 Å². The summed E-state index contributed by atoms with van der Waals surface area (Å²) in [6.45, 7) is 4.65. The van der Waals surface area contributed by atoms with Crippen LogP contribution in [-0.4, -0.2) is 22.1 Å². The monoisotopic (exact) mass is 236 g/mol. The lowest BCUT2D eigenvalue weighted by Crippen LogP contribution is -2.33. The van der Waals surface area contributed by atoms with Gasteiger partial charge < -0.3 is 4.74 Å². The highest BCUT2D eigenvalue weighted by atomic mass is 16.5. The molecule has 17 heavy (non-hydrogen) atoms. The minimum absolute atomic E-state index is 0.0321. The zero-order valence-electron chi connectivity index (χ0n) is 10.1. The van der Waals surface area contributed by atoms with E-state index in [9.17, 15) is 9.59 Å². The van der Waals surface area contributed by atoms with Crippen LogP contribution < -0.4 is 5.56 Å². The molecule has 1 atom stereocenters. The van der Waals surface area contributed by atoms with E-state index in [0.29, 0.717) is 6.54 Å². The molecule has 0 spiro atoms. The quantitative estimate of drug-likeness (QED) is 0.726. The third-order valence-corrected chi connectivity index (χ3v) is 3.03. The van der Waals surface area contributed by atoms with Crippen LogP contribution in [0.4, 0.5) is 0 Å². The normalized spacial score (nSPS) is 18.6. The lowest BCUT2D eigenvalue weighted by Gasteiger charge is -2.22. The number of fused-ring (bicyclic) bond motifs is 1. The van der Waals surface area contributed by atoms with E-state index >= 15 is 0 Å².